The summed E-state index contributed by atoms with van der Waals surface area (Å²) >= 11 is 0. The van der Waals surface area contributed by atoms with Crippen LogP contribution in [0.4, 0.5) is 4.39 Å². The first-order valence-electron chi connectivity index (χ1n) is 5.60. The van der Waals surface area contributed by atoms with Crippen LogP contribution in [-0.2, 0) is 4.84 Å². The second-order valence-electron chi connectivity index (χ2n) is 5.31. The van der Waals surface area contributed by atoms with Gasteiger partial charge in [-0.25, -0.2) is 4.39 Å². The van der Waals surface area contributed by atoms with Crippen LogP contribution in [0, 0.1) is 11.3 Å². The SMILES string of the molecule is CC1(C)CC1CON1CCCC(F)C1. The van der Waals surface area contributed by atoms with Crippen molar-refractivity contribution < 1.29 is 9.23 Å². The van der Waals surface area contributed by atoms with Crippen molar-refractivity contribution in [3.8, 4) is 0 Å². The summed E-state index contributed by atoms with van der Waals surface area (Å²) in [7, 11) is 0. The summed E-state index contributed by atoms with van der Waals surface area (Å²) in [5.41, 5.74) is 0.463. The van der Waals surface area contributed by atoms with Crippen LogP contribution in [0.3, 0.4) is 0 Å². The van der Waals surface area contributed by atoms with Gasteiger partial charge in [0.2, 0.25) is 0 Å². The molecule has 1 saturated carbocycles. The Morgan fingerprint density at radius 1 is 1.50 bits per heavy atom. The van der Waals surface area contributed by atoms with E-state index >= 15 is 0 Å². The highest BCUT2D eigenvalue weighted by Gasteiger charge is 2.45. The van der Waals surface area contributed by atoms with Gasteiger partial charge in [-0.1, -0.05) is 13.8 Å². The summed E-state index contributed by atoms with van der Waals surface area (Å²) in [4.78, 5) is 5.61. The molecular formula is C11H20FNO. The van der Waals surface area contributed by atoms with E-state index in [9.17, 15) is 4.39 Å². The Hall–Kier alpha value is -0.150. The molecule has 0 N–H and O–H groups in total. The van der Waals surface area contributed by atoms with Gasteiger partial charge < -0.3 is 0 Å². The van der Waals surface area contributed by atoms with Crippen LogP contribution in [0.1, 0.15) is 33.1 Å². The molecule has 2 rings (SSSR count). The average molecular weight is 201 g/mol. The summed E-state index contributed by atoms with van der Waals surface area (Å²) in [6.45, 7) is 6.66. The van der Waals surface area contributed by atoms with E-state index < -0.39 is 6.17 Å². The van der Waals surface area contributed by atoms with Gasteiger partial charge in [0, 0.05) is 6.54 Å². The van der Waals surface area contributed by atoms with Gasteiger partial charge in [-0.3, -0.25) is 4.84 Å². The summed E-state index contributed by atoms with van der Waals surface area (Å²) < 4.78 is 13.0. The van der Waals surface area contributed by atoms with Crippen molar-refractivity contribution in [2.75, 3.05) is 19.7 Å². The molecule has 3 heteroatoms. The predicted octanol–water partition coefficient (Wildman–Crippen LogP) is 2.40. The smallest absolute Gasteiger partial charge is 0.115 e. The third kappa shape index (κ3) is 2.45. The van der Waals surface area contributed by atoms with Crippen molar-refractivity contribution >= 4 is 0 Å². The predicted molar refractivity (Wildman–Crippen MR) is 53.5 cm³/mol. The first kappa shape index (κ1) is 10.4. The fourth-order valence-corrected chi connectivity index (χ4v) is 2.07. The number of piperidine rings is 1. The number of hydroxylamine groups is 2. The topological polar surface area (TPSA) is 12.5 Å². The Morgan fingerprint density at radius 2 is 2.21 bits per heavy atom. The quantitative estimate of drug-likeness (QED) is 0.695. The van der Waals surface area contributed by atoms with E-state index in [-0.39, 0.29) is 0 Å². The monoisotopic (exact) mass is 201 g/mol. The Balaban J connectivity index is 1.66. The van der Waals surface area contributed by atoms with Crippen LogP contribution >= 0.6 is 0 Å². The molecular weight excluding hydrogens is 181 g/mol. The highest BCUT2D eigenvalue weighted by molar-refractivity contribution is 4.94. The maximum Gasteiger partial charge on any atom is 0.115 e. The third-order valence-corrected chi connectivity index (χ3v) is 3.50. The molecule has 0 bridgehead atoms. The highest BCUT2D eigenvalue weighted by Crippen LogP contribution is 2.51. The van der Waals surface area contributed by atoms with E-state index in [4.69, 9.17) is 4.84 Å². The molecule has 1 aliphatic carbocycles. The van der Waals surface area contributed by atoms with Crippen LogP contribution in [-0.4, -0.2) is 30.9 Å². The number of halogens is 1. The number of alkyl halides is 1. The van der Waals surface area contributed by atoms with Crippen LogP contribution in [0.5, 0.6) is 0 Å². The Kier molecular flexibility index (Phi) is 2.80. The maximum absolute atomic E-state index is 13.0. The van der Waals surface area contributed by atoms with Crippen molar-refractivity contribution in [2.45, 2.75) is 39.3 Å². The molecule has 0 aromatic carbocycles. The molecule has 0 aromatic heterocycles. The van der Waals surface area contributed by atoms with E-state index in [0.717, 1.165) is 19.6 Å². The maximum atomic E-state index is 13.0. The average Bonchev–Trinajstić information content (AvgIpc) is 2.71. The molecule has 0 amide bonds. The fraction of sp³-hybridized carbons (Fsp3) is 1.00. The number of hydrogen-bond donors (Lipinski definition) is 0. The summed E-state index contributed by atoms with van der Waals surface area (Å²) in [6.07, 6.45) is 2.19. The molecule has 14 heavy (non-hydrogen) atoms. The minimum Gasteiger partial charge on any atom is -0.299 e. The summed E-state index contributed by atoms with van der Waals surface area (Å²) in [5.74, 6) is 0.683. The van der Waals surface area contributed by atoms with Crippen LogP contribution in [0.15, 0.2) is 0 Å². The molecule has 1 heterocycles. The van der Waals surface area contributed by atoms with Gasteiger partial charge in [0.1, 0.15) is 6.17 Å². The summed E-state index contributed by atoms with van der Waals surface area (Å²) in [5, 5.41) is 1.81. The first-order valence-corrected chi connectivity index (χ1v) is 5.60. The van der Waals surface area contributed by atoms with Gasteiger partial charge in [0.15, 0.2) is 0 Å². The minimum atomic E-state index is -0.684. The zero-order chi connectivity index (χ0) is 10.2. The van der Waals surface area contributed by atoms with E-state index in [2.05, 4.69) is 13.8 Å². The van der Waals surface area contributed by atoms with Gasteiger partial charge in [0.05, 0.1) is 13.2 Å². The second kappa shape index (κ2) is 3.78. The third-order valence-electron chi connectivity index (χ3n) is 3.50. The second-order valence-corrected chi connectivity index (χ2v) is 5.31. The molecule has 1 aliphatic heterocycles. The Labute approximate surface area is 85.4 Å². The molecule has 82 valence electrons. The lowest BCUT2D eigenvalue weighted by atomic mass is 10.1. The Bertz CT molecular complexity index is 207. The standard InChI is InChI=1S/C11H20FNO/c1-11(2)6-9(11)8-14-13-5-3-4-10(12)7-13/h9-10H,3-8H2,1-2H3. The summed E-state index contributed by atoms with van der Waals surface area (Å²) in [6, 6.07) is 0. The van der Waals surface area contributed by atoms with E-state index in [1.165, 1.54) is 6.42 Å². The Morgan fingerprint density at radius 3 is 2.79 bits per heavy atom. The van der Waals surface area contributed by atoms with Crippen molar-refractivity contribution in [1.29, 1.82) is 0 Å². The van der Waals surface area contributed by atoms with Crippen LogP contribution in [0.2, 0.25) is 0 Å². The molecule has 0 spiro atoms. The lowest BCUT2D eigenvalue weighted by molar-refractivity contribution is -0.184. The molecule has 2 nitrogen and oxygen atoms in total. The highest BCUT2D eigenvalue weighted by atomic mass is 19.1. The zero-order valence-corrected chi connectivity index (χ0v) is 9.13. The van der Waals surface area contributed by atoms with Gasteiger partial charge in [-0.05, 0) is 30.6 Å². The lowest BCUT2D eigenvalue weighted by Gasteiger charge is -2.28. The number of hydrogen-bond acceptors (Lipinski definition) is 2. The molecule has 2 atom stereocenters. The number of rotatable bonds is 3. The fourth-order valence-electron chi connectivity index (χ4n) is 2.07. The van der Waals surface area contributed by atoms with Crippen molar-refractivity contribution in [3.05, 3.63) is 0 Å². The van der Waals surface area contributed by atoms with Gasteiger partial charge in [-0.15, -0.1) is 0 Å². The zero-order valence-electron chi connectivity index (χ0n) is 9.13. The molecule has 2 fully saturated rings. The van der Waals surface area contributed by atoms with Crippen molar-refractivity contribution in [2.24, 2.45) is 11.3 Å². The molecule has 0 aromatic rings. The van der Waals surface area contributed by atoms with Gasteiger partial charge in [-0.2, -0.15) is 5.06 Å². The van der Waals surface area contributed by atoms with E-state index in [0.29, 0.717) is 24.3 Å². The number of nitrogens with zero attached hydrogens (tertiary/aromatic N) is 1. The van der Waals surface area contributed by atoms with Crippen molar-refractivity contribution in [1.82, 2.24) is 5.06 Å². The normalized spacial score (nSPS) is 37.1. The molecule has 2 aliphatic rings. The van der Waals surface area contributed by atoms with E-state index in [1.54, 1.807) is 0 Å². The largest absolute Gasteiger partial charge is 0.299 e. The van der Waals surface area contributed by atoms with Crippen LogP contribution in [0.25, 0.3) is 0 Å². The molecule has 0 radical (unpaired) electrons. The van der Waals surface area contributed by atoms with Gasteiger partial charge >= 0.3 is 0 Å². The lowest BCUT2D eigenvalue weighted by Crippen LogP contribution is -2.37. The van der Waals surface area contributed by atoms with Crippen LogP contribution < -0.4 is 0 Å². The van der Waals surface area contributed by atoms with Gasteiger partial charge in [0.25, 0.3) is 0 Å². The molecule has 2 unspecified atom stereocenters. The van der Waals surface area contributed by atoms with E-state index in [1.807, 2.05) is 5.06 Å². The van der Waals surface area contributed by atoms with Crippen molar-refractivity contribution in [3.63, 3.8) is 0 Å². The minimum absolute atomic E-state index is 0.463. The first-order chi connectivity index (χ1) is 6.58. The molecule has 1 saturated heterocycles.